The van der Waals surface area contributed by atoms with Gasteiger partial charge in [0.1, 0.15) is 23.2 Å². The summed E-state index contributed by atoms with van der Waals surface area (Å²) in [7, 11) is 1.31. The molecule has 0 aliphatic rings. The maximum Gasteiger partial charge on any atom is 0.338 e. The Morgan fingerprint density at radius 3 is 2.73 bits per heavy atom. The van der Waals surface area contributed by atoms with Gasteiger partial charge in [0.15, 0.2) is 0 Å². The number of nitrogens with one attached hydrogen (secondary N) is 2. The highest BCUT2D eigenvalue weighted by Crippen LogP contribution is 2.27. The van der Waals surface area contributed by atoms with E-state index in [2.05, 4.69) is 10.3 Å². The number of nitriles is 1. The van der Waals surface area contributed by atoms with Gasteiger partial charge in [0.05, 0.1) is 12.7 Å². The van der Waals surface area contributed by atoms with Gasteiger partial charge in [-0.25, -0.2) is 4.79 Å². The van der Waals surface area contributed by atoms with Crippen molar-refractivity contribution in [1.82, 2.24) is 10.3 Å². The van der Waals surface area contributed by atoms with E-state index in [0.29, 0.717) is 35.6 Å². The van der Waals surface area contributed by atoms with E-state index in [4.69, 9.17) is 9.15 Å². The van der Waals surface area contributed by atoms with Crippen LogP contribution in [0.3, 0.4) is 0 Å². The third kappa shape index (κ3) is 4.70. The Kier molecular flexibility index (Phi) is 6.37. The highest BCUT2D eigenvalue weighted by molar-refractivity contribution is 6.01. The molecule has 4 rings (SSSR count). The number of rotatable bonds is 7. The van der Waals surface area contributed by atoms with Crippen LogP contribution in [0.25, 0.3) is 28.3 Å². The molecule has 0 unspecified atom stereocenters. The largest absolute Gasteiger partial charge is 0.465 e. The van der Waals surface area contributed by atoms with Crippen LogP contribution in [0.1, 0.15) is 21.7 Å². The van der Waals surface area contributed by atoms with Crippen LogP contribution < -0.4 is 5.32 Å². The number of nitrogens with zero attached hydrogens (tertiary/aromatic N) is 1. The Hall–Kier alpha value is -4.57. The van der Waals surface area contributed by atoms with Gasteiger partial charge in [0.2, 0.25) is 0 Å². The second kappa shape index (κ2) is 9.71. The molecule has 33 heavy (non-hydrogen) atoms. The van der Waals surface area contributed by atoms with Crippen molar-refractivity contribution in [2.45, 2.75) is 6.42 Å². The van der Waals surface area contributed by atoms with Gasteiger partial charge in [-0.3, -0.25) is 4.79 Å². The minimum absolute atomic E-state index is 0.0731. The molecule has 2 N–H and O–H groups in total. The Bertz CT molecular complexity index is 1390. The van der Waals surface area contributed by atoms with Crippen LogP contribution in [-0.2, 0) is 16.0 Å². The highest BCUT2D eigenvalue weighted by Gasteiger charge is 2.16. The molecule has 0 fully saturated rings. The number of ether oxygens (including phenoxy) is 1. The summed E-state index contributed by atoms with van der Waals surface area (Å²) in [5.74, 6) is -0.205. The van der Waals surface area contributed by atoms with Crippen molar-refractivity contribution in [1.29, 1.82) is 5.26 Å². The summed E-state index contributed by atoms with van der Waals surface area (Å²) in [6.07, 6.45) is 3.93. The molecule has 0 aliphatic heterocycles. The second-order valence-electron chi connectivity index (χ2n) is 7.27. The van der Waals surface area contributed by atoms with Crippen molar-refractivity contribution < 1.29 is 18.7 Å². The van der Waals surface area contributed by atoms with Gasteiger partial charge in [-0.2, -0.15) is 5.26 Å². The van der Waals surface area contributed by atoms with Gasteiger partial charge in [0, 0.05) is 35.3 Å². The number of aromatic nitrogens is 1. The first-order valence-corrected chi connectivity index (χ1v) is 10.3. The number of carbonyl (C=O) groups is 2. The fourth-order valence-corrected chi connectivity index (χ4v) is 3.60. The van der Waals surface area contributed by atoms with Gasteiger partial charge < -0.3 is 19.5 Å². The zero-order valence-electron chi connectivity index (χ0n) is 17.9. The summed E-state index contributed by atoms with van der Waals surface area (Å²) < 4.78 is 10.6. The number of carbonyl (C=O) groups excluding carboxylic acids is 2. The third-order valence-corrected chi connectivity index (χ3v) is 5.23. The summed E-state index contributed by atoms with van der Waals surface area (Å²) in [5.41, 5.74) is 2.98. The van der Waals surface area contributed by atoms with Crippen LogP contribution >= 0.6 is 0 Å². The van der Waals surface area contributed by atoms with E-state index in [-0.39, 0.29) is 5.57 Å². The summed E-state index contributed by atoms with van der Waals surface area (Å²) in [6.45, 7) is 0.385. The van der Waals surface area contributed by atoms with E-state index in [1.165, 1.54) is 13.2 Å². The maximum atomic E-state index is 12.5. The van der Waals surface area contributed by atoms with E-state index < -0.39 is 11.9 Å². The van der Waals surface area contributed by atoms with E-state index in [1.54, 1.807) is 36.4 Å². The molecule has 164 valence electrons. The van der Waals surface area contributed by atoms with Gasteiger partial charge in [-0.05, 0) is 36.2 Å². The lowest BCUT2D eigenvalue weighted by atomic mass is 10.1. The SMILES string of the molecule is COC(=O)c1ccccc1-c1ccc(/C=C(\C#N)C(=O)NCCc2c[nH]c3ccccc23)o1. The van der Waals surface area contributed by atoms with E-state index in [0.717, 1.165) is 16.5 Å². The van der Waals surface area contributed by atoms with Crippen LogP contribution in [-0.4, -0.2) is 30.5 Å². The second-order valence-corrected chi connectivity index (χ2v) is 7.27. The van der Waals surface area contributed by atoms with Crippen LogP contribution in [0.5, 0.6) is 0 Å². The first-order chi connectivity index (χ1) is 16.1. The average Bonchev–Trinajstić information content (AvgIpc) is 3.49. The highest BCUT2D eigenvalue weighted by atomic mass is 16.5. The molecule has 2 heterocycles. The van der Waals surface area contributed by atoms with Crippen molar-refractivity contribution in [3.05, 3.63) is 89.3 Å². The van der Waals surface area contributed by atoms with Crippen LogP contribution in [0, 0.1) is 11.3 Å². The Morgan fingerprint density at radius 2 is 1.91 bits per heavy atom. The number of amides is 1. The van der Waals surface area contributed by atoms with Gasteiger partial charge in [0.25, 0.3) is 5.91 Å². The molecule has 4 aromatic rings. The molecular weight excluding hydrogens is 418 g/mol. The van der Waals surface area contributed by atoms with Crippen LogP contribution in [0.15, 0.2) is 76.9 Å². The standard InChI is InChI=1S/C26H21N3O4/c1-32-26(31)22-8-3-2-7-21(22)24-11-10-19(33-24)14-18(15-27)25(30)28-13-12-17-16-29-23-9-5-4-6-20(17)23/h2-11,14,16,29H,12-13H2,1H3,(H,28,30)/b18-14+. The van der Waals surface area contributed by atoms with E-state index in [9.17, 15) is 14.9 Å². The number of fused-ring (bicyclic) bond motifs is 1. The topological polar surface area (TPSA) is 108 Å². The van der Waals surface area contributed by atoms with Gasteiger partial charge in [-0.15, -0.1) is 0 Å². The van der Waals surface area contributed by atoms with E-state index in [1.807, 2.05) is 36.5 Å². The minimum atomic E-state index is -0.481. The molecule has 0 atom stereocenters. The fourth-order valence-electron chi connectivity index (χ4n) is 3.60. The lowest BCUT2D eigenvalue weighted by Gasteiger charge is -2.05. The zero-order valence-corrected chi connectivity index (χ0v) is 17.9. The summed E-state index contributed by atoms with van der Waals surface area (Å²) in [4.78, 5) is 27.7. The predicted molar refractivity (Wildman–Crippen MR) is 124 cm³/mol. The average molecular weight is 439 g/mol. The molecule has 0 saturated carbocycles. The predicted octanol–water partition coefficient (Wildman–Crippen LogP) is 4.48. The molecule has 2 aromatic carbocycles. The molecular formula is C26H21N3O4. The number of esters is 1. The summed E-state index contributed by atoms with van der Waals surface area (Å²) in [6, 6.07) is 20.1. The van der Waals surface area contributed by atoms with Gasteiger partial charge in [-0.1, -0.05) is 36.4 Å². The Labute approximate surface area is 190 Å². The molecule has 0 spiro atoms. The maximum absolute atomic E-state index is 12.5. The minimum Gasteiger partial charge on any atom is -0.465 e. The smallest absolute Gasteiger partial charge is 0.338 e. The molecule has 7 nitrogen and oxygen atoms in total. The van der Waals surface area contributed by atoms with Crippen LogP contribution in [0.4, 0.5) is 0 Å². The molecule has 2 aromatic heterocycles. The lowest BCUT2D eigenvalue weighted by Crippen LogP contribution is -2.26. The van der Waals surface area contributed by atoms with Crippen molar-refractivity contribution in [2.24, 2.45) is 0 Å². The summed E-state index contributed by atoms with van der Waals surface area (Å²) >= 11 is 0. The quantitative estimate of drug-likeness (QED) is 0.251. The first-order valence-electron chi connectivity index (χ1n) is 10.3. The number of benzene rings is 2. The number of methoxy groups -OCH3 is 1. The lowest BCUT2D eigenvalue weighted by molar-refractivity contribution is -0.117. The first kappa shape index (κ1) is 21.7. The van der Waals surface area contributed by atoms with Crippen LogP contribution in [0.2, 0.25) is 0 Å². The fraction of sp³-hybridized carbons (Fsp3) is 0.115. The van der Waals surface area contributed by atoms with Crippen molar-refractivity contribution >= 4 is 28.9 Å². The third-order valence-electron chi connectivity index (χ3n) is 5.23. The number of para-hydroxylation sites is 1. The molecule has 7 heteroatoms. The van der Waals surface area contributed by atoms with Gasteiger partial charge >= 0.3 is 5.97 Å². The molecule has 0 bridgehead atoms. The molecule has 1 amide bonds. The Balaban J connectivity index is 1.45. The summed E-state index contributed by atoms with van der Waals surface area (Å²) in [5, 5.41) is 13.4. The number of furan rings is 1. The molecule has 0 saturated heterocycles. The van der Waals surface area contributed by atoms with Crippen molar-refractivity contribution in [3.8, 4) is 17.4 Å². The monoisotopic (exact) mass is 439 g/mol. The number of H-pyrrole nitrogens is 1. The molecule has 0 radical (unpaired) electrons. The number of hydrogen-bond donors (Lipinski definition) is 2. The normalized spacial score (nSPS) is 11.2. The zero-order chi connectivity index (χ0) is 23.2. The Morgan fingerprint density at radius 1 is 1.12 bits per heavy atom. The number of hydrogen-bond acceptors (Lipinski definition) is 5. The van der Waals surface area contributed by atoms with Crippen molar-refractivity contribution in [3.63, 3.8) is 0 Å². The van der Waals surface area contributed by atoms with Crippen molar-refractivity contribution in [2.75, 3.05) is 13.7 Å². The number of aromatic amines is 1. The molecule has 0 aliphatic carbocycles. The van der Waals surface area contributed by atoms with E-state index >= 15 is 0 Å².